The van der Waals surface area contributed by atoms with Gasteiger partial charge in [-0.15, -0.1) is 0 Å². The van der Waals surface area contributed by atoms with E-state index in [4.69, 9.17) is 0 Å². The van der Waals surface area contributed by atoms with Gasteiger partial charge in [-0.2, -0.15) is 5.10 Å². The van der Waals surface area contributed by atoms with E-state index in [9.17, 15) is 4.79 Å². The molecule has 0 bridgehead atoms. The maximum Gasteiger partial charge on any atom is 0.267 e. The molecule has 0 aliphatic heterocycles. The van der Waals surface area contributed by atoms with Crippen LogP contribution in [-0.2, 0) is 6.54 Å². The molecule has 130 valence electrons. The van der Waals surface area contributed by atoms with Crippen molar-refractivity contribution in [2.45, 2.75) is 20.4 Å². The highest BCUT2D eigenvalue weighted by Crippen LogP contribution is 2.21. The Morgan fingerprint density at radius 1 is 1.15 bits per heavy atom. The first-order valence-corrected chi connectivity index (χ1v) is 8.58. The van der Waals surface area contributed by atoms with Crippen LogP contribution in [0.1, 0.15) is 27.2 Å². The predicted octanol–water partition coefficient (Wildman–Crippen LogP) is 3.90. The highest BCUT2D eigenvalue weighted by Gasteiger charge is 2.12. The summed E-state index contributed by atoms with van der Waals surface area (Å²) in [7, 11) is 0. The standard InChI is InChI=1S/C21H20N4O/c1-14-10-15(2)17-12-19(24-18(17)11-14)21(26)22-13-16-6-3-4-7-20(16)25-9-5-8-23-25/h3-12,24H,13H2,1-2H3,(H,22,26). The van der Waals surface area contributed by atoms with Crippen molar-refractivity contribution in [3.8, 4) is 5.69 Å². The Balaban J connectivity index is 1.56. The molecule has 0 aliphatic carbocycles. The third-order valence-electron chi connectivity index (χ3n) is 4.52. The number of aromatic amines is 1. The number of aromatic nitrogens is 3. The summed E-state index contributed by atoms with van der Waals surface area (Å²) in [5.74, 6) is -0.117. The smallest absolute Gasteiger partial charge is 0.267 e. The first kappa shape index (κ1) is 16.1. The molecule has 2 aromatic heterocycles. The van der Waals surface area contributed by atoms with E-state index in [1.807, 2.05) is 42.6 Å². The van der Waals surface area contributed by atoms with Crippen molar-refractivity contribution in [2.24, 2.45) is 0 Å². The van der Waals surface area contributed by atoms with Crippen LogP contribution >= 0.6 is 0 Å². The van der Waals surface area contributed by atoms with E-state index in [2.05, 4.69) is 41.4 Å². The van der Waals surface area contributed by atoms with E-state index >= 15 is 0 Å². The second-order valence-electron chi connectivity index (χ2n) is 6.49. The maximum absolute atomic E-state index is 12.6. The Bertz CT molecular complexity index is 1080. The molecule has 0 fully saturated rings. The van der Waals surface area contributed by atoms with Crippen molar-refractivity contribution < 1.29 is 4.79 Å². The van der Waals surface area contributed by atoms with Gasteiger partial charge < -0.3 is 10.3 Å². The van der Waals surface area contributed by atoms with Crippen LogP contribution in [-0.4, -0.2) is 20.7 Å². The molecular weight excluding hydrogens is 324 g/mol. The number of nitrogens with one attached hydrogen (secondary N) is 2. The van der Waals surface area contributed by atoms with E-state index < -0.39 is 0 Å². The second kappa shape index (κ2) is 6.52. The number of carbonyl (C=O) groups is 1. The van der Waals surface area contributed by atoms with Crippen molar-refractivity contribution in [1.29, 1.82) is 0 Å². The van der Waals surface area contributed by atoms with Crippen molar-refractivity contribution in [3.05, 3.63) is 83.3 Å². The third-order valence-corrected chi connectivity index (χ3v) is 4.52. The van der Waals surface area contributed by atoms with Crippen molar-refractivity contribution in [2.75, 3.05) is 0 Å². The summed E-state index contributed by atoms with van der Waals surface area (Å²) >= 11 is 0. The zero-order valence-electron chi connectivity index (χ0n) is 14.8. The van der Waals surface area contributed by atoms with Gasteiger partial charge in [0.2, 0.25) is 0 Å². The fraction of sp³-hybridized carbons (Fsp3) is 0.143. The van der Waals surface area contributed by atoms with E-state index in [0.29, 0.717) is 12.2 Å². The Kier molecular flexibility index (Phi) is 4.05. The van der Waals surface area contributed by atoms with E-state index in [0.717, 1.165) is 22.2 Å². The number of hydrogen-bond donors (Lipinski definition) is 2. The molecule has 5 heteroatoms. The zero-order valence-corrected chi connectivity index (χ0v) is 14.8. The molecule has 1 amide bonds. The van der Waals surface area contributed by atoms with Gasteiger partial charge in [0, 0.05) is 29.8 Å². The Morgan fingerprint density at radius 2 is 2.00 bits per heavy atom. The molecule has 0 spiro atoms. The van der Waals surface area contributed by atoms with Crippen LogP contribution in [0.3, 0.4) is 0 Å². The van der Waals surface area contributed by atoms with Gasteiger partial charge in [-0.1, -0.05) is 24.3 Å². The molecule has 0 saturated heterocycles. The van der Waals surface area contributed by atoms with Crippen molar-refractivity contribution >= 4 is 16.8 Å². The zero-order chi connectivity index (χ0) is 18.1. The van der Waals surface area contributed by atoms with E-state index in [1.165, 1.54) is 11.1 Å². The number of hydrogen-bond acceptors (Lipinski definition) is 2. The number of carbonyl (C=O) groups excluding carboxylic acids is 1. The first-order valence-electron chi connectivity index (χ1n) is 8.58. The molecule has 2 N–H and O–H groups in total. The Hall–Kier alpha value is -3.34. The van der Waals surface area contributed by atoms with Gasteiger partial charge in [0.15, 0.2) is 0 Å². The number of H-pyrrole nitrogens is 1. The lowest BCUT2D eigenvalue weighted by Gasteiger charge is -2.10. The lowest BCUT2D eigenvalue weighted by atomic mass is 10.1. The van der Waals surface area contributed by atoms with Gasteiger partial charge in [0.25, 0.3) is 5.91 Å². The van der Waals surface area contributed by atoms with Crippen LogP contribution in [0.5, 0.6) is 0 Å². The minimum atomic E-state index is -0.117. The van der Waals surface area contributed by atoms with Gasteiger partial charge in [-0.05, 0) is 54.8 Å². The molecule has 26 heavy (non-hydrogen) atoms. The average molecular weight is 344 g/mol. The number of fused-ring (bicyclic) bond motifs is 1. The Labute approximate surface area is 151 Å². The van der Waals surface area contributed by atoms with Gasteiger partial charge in [0.1, 0.15) is 5.69 Å². The summed E-state index contributed by atoms with van der Waals surface area (Å²) in [4.78, 5) is 15.8. The fourth-order valence-electron chi connectivity index (χ4n) is 3.29. The summed E-state index contributed by atoms with van der Waals surface area (Å²) in [5, 5.41) is 8.36. The van der Waals surface area contributed by atoms with Crippen LogP contribution in [0, 0.1) is 13.8 Å². The minimum Gasteiger partial charge on any atom is -0.351 e. The second-order valence-corrected chi connectivity index (χ2v) is 6.49. The molecule has 5 nitrogen and oxygen atoms in total. The van der Waals surface area contributed by atoms with Crippen molar-refractivity contribution in [3.63, 3.8) is 0 Å². The average Bonchev–Trinajstić information content (AvgIpc) is 3.29. The number of rotatable bonds is 4. The number of nitrogens with zero attached hydrogens (tertiary/aromatic N) is 2. The topological polar surface area (TPSA) is 62.7 Å². The van der Waals surface area contributed by atoms with Crippen LogP contribution in [0.25, 0.3) is 16.6 Å². The number of para-hydroxylation sites is 1. The monoisotopic (exact) mass is 344 g/mol. The molecule has 0 atom stereocenters. The van der Waals surface area contributed by atoms with E-state index in [-0.39, 0.29) is 5.91 Å². The Morgan fingerprint density at radius 3 is 2.81 bits per heavy atom. The predicted molar refractivity (Wildman–Crippen MR) is 103 cm³/mol. The first-order chi connectivity index (χ1) is 12.6. The summed E-state index contributed by atoms with van der Waals surface area (Å²) in [6.07, 6.45) is 3.63. The molecule has 4 aromatic rings. The quantitative estimate of drug-likeness (QED) is 0.590. The van der Waals surface area contributed by atoms with Crippen LogP contribution in [0.4, 0.5) is 0 Å². The summed E-state index contributed by atoms with van der Waals surface area (Å²) in [5.41, 5.74) is 5.87. The highest BCUT2D eigenvalue weighted by atomic mass is 16.1. The van der Waals surface area contributed by atoms with E-state index in [1.54, 1.807) is 10.9 Å². The molecule has 2 aromatic carbocycles. The van der Waals surface area contributed by atoms with Gasteiger partial charge >= 0.3 is 0 Å². The SMILES string of the molecule is Cc1cc(C)c2cc(C(=O)NCc3ccccc3-n3cccn3)[nH]c2c1. The summed E-state index contributed by atoms with van der Waals surface area (Å²) in [6, 6.07) is 15.9. The maximum atomic E-state index is 12.6. The summed E-state index contributed by atoms with van der Waals surface area (Å²) < 4.78 is 1.80. The molecule has 0 saturated carbocycles. The van der Waals surface area contributed by atoms with Crippen LogP contribution in [0.2, 0.25) is 0 Å². The van der Waals surface area contributed by atoms with Crippen LogP contribution < -0.4 is 5.32 Å². The fourth-order valence-corrected chi connectivity index (χ4v) is 3.29. The molecule has 0 radical (unpaired) electrons. The molecule has 4 rings (SSSR count). The molecule has 0 aliphatic rings. The molecule has 0 unspecified atom stereocenters. The van der Waals surface area contributed by atoms with Crippen molar-refractivity contribution in [1.82, 2.24) is 20.1 Å². The normalized spacial score (nSPS) is 11.0. The number of aryl methyl sites for hydroxylation is 2. The number of amides is 1. The lowest BCUT2D eigenvalue weighted by molar-refractivity contribution is 0.0947. The summed E-state index contributed by atoms with van der Waals surface area (Å²) in [6.45, 7) is 4.55. The minimum absolute atomic E-state index is 0.117. The number of benzene rings is 2. The highest BCUT2D eigenvalue weighted by molar-refractivity contribution is 5.99. The van der Waals surface area contributed by atoms with Gasteiger partial charge in [-0.25, -0.2) is 4.68 Å². The third kappa shape index (κ3) is 2.99. The lowest BCUT2D eigenvalue weighted by Crippen LogP contribution is -2.23. The van der Waals surface area contributed by atoms with Gasteiger partial charge in [-0.3, -0.25) is 4.79 Å². The largest absolute Gasteiger partial charge is 0.351 e. The molecular formula is C21H20N4O. The molecule has 2 heterocycles. The van der Waals surface area contributed by atoms with Crippen LogP contribution in [0.15, 0.2) is 60.9 Å². The van der Waals surface area contributed by atoms with Gasteiger partial charge in [0.05, 0.1) is 5.69 Å².